The first-order chi connectivity index (χ1) is 8.85. The molecule has 0 unspecified atom stereocenters. The summed E-state index contributed by atoms with van der Waals surface area (Å²) in [6.45, 7) is 1.26. The number of hydrogen-bond acceptors (Lipinski definition) is 5. The van der Waals surface area contributed by atoms with Crippen molar-refractivity contribution in [2.75, 3.05) is 25.5 Å². The fourth-order valence-electron chi connectivity index (χ4n) is 1.76. The van der Waals surface area contributed by atoms with Crippen LogP contribution in [0, 0.1) is 0 Å². The topological polar surface area (TPSA) is 73.3 Å². The Labute approximate surface area is 106 Å². The van der Waals surface area contributed by atoms with Crippen LogP contribution in [-0.2, 0) is 6.42 Å². The zero-order valence-corrected chi connectivity index (χ0v) is 10.3. The molecule has 18 heavy (non-hydrogen) atoms. The number of aromatic nitrogens is 1. The summed E-state index contributed by atoms with van der Waals surface area (Å²) < 4.78 is 10.6. The van der Waals surface area contributed by atoms with Gasteiger partial charge in [-0.25, -0.2) is 0 Å². The highest BCUT2D eigenvalue weighted by atomic mass is 16.5. The van der Waals surface area contributed by atoms with Crippen molar-refractivity contribution in [2.45, 2.75) is 6.42 Å². The van der Waals surface area contributed by atoms with Crippen molar-refractivity contribution in [1.29, 1.82) is 0 Å². The molecular formula is C13H17N3O2. The summed E-state index contributed by atoms with van der Waals surface area (Å²) in [6, 6.07) is 7.85. The Kier molecular flexibility index (Phi) is 4.20. The monoisotopic (exact) mass is 247 g/mol. The van der Waals surface area contributed by atoms with Gasteiger partial charge in [-0.05, 0) is 6.07 Å². The summed E-state index contributed by atoms with van der Waals surface area (Å²) >= 11 is 0. The first kappa shape index (κ1) is 12.4. The second-order valence-electron chi connectivity index (χ2n) is 3.87. The summed E-state index contributed by atoms with van der Waals surface area (Å²) in [7, 11) is 1.66. The number of ether oxygens (including phenoxy) is 1. The number of methoxy groups -OCH3 is 1. The van der Waals surface area contributed by atoms with Crippen molar-refractivity contribution in [3.8, 4) is 5.75 Å². The van der Waals surface area contributed by atoms with Crippen LogP contribution in [-0.4, -0.2) is 25.4 Å². The Hall–Kier alpha value is -2.01. The molecule has 0 aliphatic rings. The molecule has 0 aliphatic heterocycles. The molecule has 2 aromatic rings. The molecular weight excluding hydrogens is 230 g/mol. The van der Waals surface area contributed by atoms with Gasteiger partial charge in [0, 0.05) is 25.1 Å². The van der Waals surface area contributed by atoms with E-state index in [0.29, 0.717) is 19.5 Å². The smallest absolute Gasteiger partial charge is 0.164 e. The van der Waals surface area contributed by atoms with Gasteiger partial charge >= 0.3 is 0 Å². The van der Waals surface area contributed by atoms with Gasteiger partial charge in [0.1, 0.15) is 5.75 Å². The van der Waals surface area contributed by atoms with E-state index in [9.17, 15) is 0 Å². The third-order valence-corrected chi connectivity index (χ3v) is 2.65. The molecule has 0 spiro atoms. The second-order valence-corrected chi connectivity index (χ2v) is 3.87. The van der Waals surface area contributed by atoms with Gasteiger partial charge in [0.2, 0.25) is 0 Å². The lowest BCUT2D eigenvalue weighted by Gasteiger charge is -2.07. The van der Waals surface area contributed by atoms with Crippen LogP contribution in [0.5, 0.6) is 5.75 Å². The Morgan fingerprint density at radius 2 is 2.22 bits per heavy atom. The molecule has 1 aromatic carbocycles. The van der Waals surface area contributed by atoms with Gasteiger partial charge in [0.05, 0.1) is 19.0 Å². The Balaban J connectivity index is 2.15. The van der Waals surface area contributed by atoms with E-state index in [0.717, 1.165) is 22.8 Å². The quantitative estimate of drug-likeness (QED) is 0.812. The summed E-state index contributed by atoms with van der Waals surface area (Å²) in [4.78, 5) is 0. The fourth-order valence-corrected chi connectivity index (χ4v) is 1.76. The number of anilines is 1. The summed E-state index contributed by atoms with van der Waals surface area (Å²) in [5, 5.41) is 6.99. The first-order valence-corrected chi connectivity index (χ1v) is 5.84. The normalized spacial score (nSPS) is 10.3. The van der Waals surface area contributed by atoms with E-state index in [1.54, 1.807) is 13.3 Å². The van der Waals surface area contributed by atoms with Crippen LogP contribution in [0.25, 0.3) is 0 Å². The predicted molar refractivity (Wildman–Crippen MR) is 69.8 cm³/mol. The molecule has 0 radical (unpaired) electrons. The maximum Gasteiger partial charge on any atom is 0.164 e. The summed E-state index contributed by atoms with van der Waals surface area (Å²) in [5.41, 5.74) is 7.40. The highest BCUT2D eigenvalue weighted by Crippen LogP contribution is 2.24. The lowest BCUT2D eigenvalue weighted by Crippen LogP contribution is -2.13. The molecule has 0 saturated carbocycles. The average molecular weight is 247 g/mol. The molecule has 0 aliphatic carbocycles. The minimum absolute atomic E-state index is 0.569. The van der Waals surface area contributed by atoms with Crippen LogP contribution in [0.15, 0.2) is 35.0 Å². The largest absolute Gasteiger partial charge is 0.496 e. The molecule has 0 fully saturated rings. The van der Waals surface area contributed by atoms with Crippen molar-refractivity contribution >= 4 is 5.69 Å². The van der Waals surface area contributed by atoms with E-state index < -0.39 is 0 Å². The average Bonchev–Trinajstić information content (AvgIpc) is 2.84. The third-order valence-electron chi connectivity index (χ3n) is 2.65. The fraction of sp³-hybridized carbons (Fsp3) is 0.308. The molecule has 0 saturated heterocycles. The van der Waals surface area contributed by atoms with Crippen LogP contribution >= 0.6 is 0 Å². The highest BCUT2D eigenvalue weighted by molar-refractivity contribution is 5.48. The first-order valence-electron chi connectivity index (χ1n) is 5.84. The number of nitrogens with two attached hydrogens (primary N) is 1. The maximum atomic E-state index is 5.46. The van der Waals surface area contributed by atoms with E-state index in [1.165, 1.54) is 0 Å². The minimum Gasteiger partial charge on any atom is -0.496 e. The van der Waals surface area contributed by atoms with Crippen LogP contribution in [0.3, 0.4) is 0 Å². The van der Waals surface area contributed by atoms with Crippen molar-refractivity contribution in [2.24, 2.45) is 5.73 Å². The SMILES string of the molecule is COc1ccccc1Cc1oncc1NCCN. The predicted octanol–water partition coefficient (Wildman–Crippen LogP) is 1.64. The van der Waals surface area contributed by atoms with Crippen molar-refractivity contribution in [3.05, 3.63) is 41.8 Å². The molecule has 3 N–H and O–H groups in total. The molecule has 0 amide bonds. The van der Waals surface area contributed by atoms with Gasteiger partial charge < -0.3 is 20.3 Å². The molecule has 2 rings (SSSR count). The molecule has 96 valence electrons. The number of nitrogens with zero attached hydrogens (tertiary/aromatic N) is 1. The number of nitrogens with one attached hydrogen (secondary N) is 1. The molecule has 5 nitrogen and oxygen atoms in total. The Bertz CT molecular complexity index is 496. The zero-order chi connectivity index (χ0) is 12.8. The van der Waals surface area contributed by atoms with Gasteiger partial charge in [-0.15, -0.1) is 0 Å². The van der Waals surface area contributed by atoms with Crippen LogP contribution in [0.4, 0.5) is 5.69 Å². The highest BCUT2D eigenvalue weighted by Gasteiger charge is 2.11. The Morgan fingerprint density at radius 3 is 3.00 bits per heavy atom. The van der Waals surface area contributed by atoms with Gasteiger partial charge in [-0.2, -0.15) is 0 Å². The van der Waals surface area contributed by atoms with Gasteiger partial charge in [0.15, 0.2) is 5.76 Å². The molecule has 0 bridgehead atoms. The summed E-state index contributed by atoms with van der Waals surface area (Å²) in [5.74, 6) is 1.63. The second kappa shape index (κ2) is 6.07. The number of hydrogen-bond donors (Lipinski definition) is 2. The van der Waals surface area contributed by atoms with Gasteiger partial charge in [0.25, 0.3) is 0 Å². The van der Waals surface area contributed by atoms with E-state index in [-0.39, 0.29) is 0 Å². The number of para-hydroxylation sites is 1. The molecule has 0 atom stereocenters. The standard InChI is InChI=1S/C13H17N3O2/c1-17-12-5-3-2-4-10(12)8-13-11(9-16-18-13)15-7-6-14/h2-5,9,15H,6-8,14H2,1H3. The van der Waals surface area contributed by atoms with Gasteiger partial charge in [-0.1, -0.05) is 23.4 Å². The van der Waals surface area contributed by atoms with E-state index in [2.05, 4.69) is 10.5 Å². The molecule has 5 heteroatoms. The van der Waals surface area contributed by atoms with Crippen LogP contribution in [0.2, 0.25) is 0 Å². The van der Waals surface area contributed by atoms with Crippen molar-refractivity contribution in [1.82, 2.24) is 5.16 Å². The number of rotatable bonds is 6. The van der Waals surface area contributed by atoms with E-state index in [4.69, 9.17) is 15.0 Å². The molecule has 1 aromatic heterocycles. The van der Waals surface area contributed by atoms with Crippen LogP contribution in [0.1, 0.15) is 11.3 Å². The zero-order valence-electron chi connectivity index (χ0n) is 10.3. The third kappa shape index (κ3) is 2.81. The Morgan fingerprint density at radius 1 is 1.39 bits per heavy atom. The molecule has 1 heterocycles. The van der Waals surface area contributed by atoms with Crippen molar-refractivity contribution in [3.63, 3.8) is 0 Å². The lowest BCUT2D eigenvalue weighted by molar-refractivity contribution is 0.383. The maximum absolute atomic E-state index is 5.46. The van der Waals surface area contributed by atoms with E-state index in [1.807, 2.05) is 24.3 Å². The summed E-state index contributed by atoms with van der Waals surface area (Å²) in [6.07, 6.45) is 2.30. The van der Waals surface area contributed by atoms with Crippen molar-refractivity contribution < 1.29 is 9.26 Å². The lowest BCUT2D eigenvalue weighted by atomic mass is 10.1. The number of benzene rings is 1. The van der Waals surface area contributed by atoms with Gasteiger partial charge in [-0.3, -0.25) is 0 Å². The van der Waals surface area contributed by atoms with E-state index >= 15 is 0 Å². The van der Waals surface area contributed by atoms with Crippen LogP contribution < -0.4 is 15.8 Å². The minimum atomic E-state index is 0.569.